The van der Waals surface area contributed by atoms with Crippen LogP contribution in [0.1, 0.15) is 43.2 Å². The molecule has 1 saturated heterocycles. The quantitative estimate of drug-likeness (QED) is 0.398. The second kappa shape index (κ2) is 9.77. The van der Waals surface area contributed by atoms with Crippen molar-refractivity contribution in [3.63, 3.8) is 0 Å². The van der Waals surface area contributed by atoms with Gasteiger partial charge < -0.3 is 15.3 Å². The van der Waals surface area contributed by atoms with E-state index in [1.807, 2.05) is 55.5 Å². The van der Waals surface area contributed by atoms with Crippen LogP contribution in [-0.2, 0) is 22.6 Å². The van der Waals surface area contributed by atoms with Crippen LogP contribution in [-0.4, -0.2) is 59.7 Å². The minimum absolute atomic E-state index is 0.0452. The molecule has 200 valence electrons. The number of amides is 2. The summed E-state index contributed by atoms with van der Waals surface area (Å²) in [5.41, 5.74) is 2.91. The van der Waals surface area contributed by atoms with Gasteiger partial charge in [-0.05, 0) is 36.0 Å². The molecule has 0 radical (unpaired) electrons. The molecule has 39 heavy (non-hydrogen) atoms. The van der Waals surface area contributed by atoms with Gasteiger partial charge in [-0.15, -0.1) is 0 Å². The molecular formula is C29H30N6O4. The minimum Gasteiger partial charge on any atom is -0.388 e. The first-order valence-corrected chi connectivity index (χ1v) is 13.2. The number of carbonyl (C=O) groups is 2. The van der Waals surface area contributed by atoms with Gasteiger partial charge in [0.2, 0.25) is 17.5 Å². The maximum Gasteiger partial charge on any atom is 0.296 e. The molecule has 0 saturated carbocycles. The number of fused-ring (bicyclic) bond motifs is 2. The molecule has 2 aliphatic heterocycles. The summed E-state index contributed by atoms with van der Waals surface area (Å²) in [6.45, 7) is 2.99. The van der Waals surface area contributed by atoms with E-state index in [9.17, 15) is 19.5 Å². The van der Waals surface area contributed by atoms with Gasteiger partial charge in [0.05, 0.1) is 30.5 Å². The lowest BCUT2D eigenvalue weighted by Crippen LogP contribution is -2.50. The van der Waals surface area contributed by atoms with Crippen LogP contribution in [0.2, 0.25) is 0 Å². The number of benzene rings is 2. The normalized spacial score (nSPS) is 17.2. The van der Waals surface area contributed by atoms with Crippen molar-refractivity contribution in [3.05, 3.63) is 82.5 Å². The third kappa shape index (κ3) is 4.83. The summed E-state index contributed by atoms with van der Waals surface area (Å²) in [7, 11) is 0. The van der Waals surface area contributed by atoms with Crippen LogP contribution in [0.4, 0.5) is 5.69 Å². The van der Waals surface area contributed by atoms with Crippen LogP contribution in [0.25, 0.3) is 16.9 Å². The van der Waals surface area contributed by atoms with Gasteiger partial charge in [-0.1, -0.05) is 49.4 Å². The zero-order valence-corrected chi connectivity index (χ0v) is 21.7. The second-order valence-corrected chi connectivity index (χ2v) is 10.7. The number of nitrogens with one attached hydrogen (secondary N) is 1. The lowest BCUT2D eigenvalue weighted by Gasteiger charge is -2.38. The van der Waals surface area contributed by atoms with Crippen molar-refractivity contribution in [2.45, 2.75) is 50.7 Å². The standard InChI is InChI=1S/C29H30N6O4/c1-19(20-5-3-2-4-6-20)13-26(37)33-11-9-29(39,10-12-33)17-34-18-31-35-24(16-30-27(35)28(34)38)22-8-7-21-15-25(36)32-23(21)14-22/h2-8,14,16,18-19,39H,9-13,15,17H2,1H3,(H,32,36)/t19-/m1/s1. The third-order valence-corrected chi connectivity index (χ3v) is 7.89. The maximum atomic E-state index is 13.3. The number of anilines is 1. The molecule has 0 spiro atoms. The zero-order valence-electron chi connectivity index (χ0n) is 21.7. The summed E-state index contributed by atoms with van der Waals surface area (Å²) in [5.74, 6) is 0.145. The number of hydrogen-bond acceptors (Lipinski definition) is 6. The topological polar surface area (TPSA) is 122 Å². The van der Waals surface area contributed by atoms with Gasteiger partial charge in [-0.3, -0.25) is 19.0 Å². The van der Waals surface area contributed by atoms with Crippen LogP contribution >= 0.6 is 0 Å². The Hall–Kier alpha value is -4.31. The molecule has 2 aliphatic rings. The molecule has 0 unspecified atom stereocenters. The van der Waals surface area contributed by atoms with Crippen molar-refractivity contribution in [1.29, 1.82) is 0 Å². The van der Waals surface area contributed by atoms with Gasteiger partial charge in [0.1, 0.15) is 6.33 Å². The number of imidazole rings is 1. The monoisotopic (exact) mass is 526 g/mol. The molecular weight excluding hydrogens is 496 g/mol. The van der Waals surface area contributed by atoms with E-state index >= 15 is 0 Å². The lowest BCUT2D eigenvalue weighted by molar-refractivity contribution is -0.136. The lowest BCUT2D eigenvalue weighted by atomic mass is 9.90. The first-order valence-electron chi connectivity index (χ1n) is 13.2. The predicted molar refractivity (Wildman–Crippen MR) is 145 cm³/mol. The fourth-order valence-corrected chi connectivity index (χ4v) is 5.52. The van der Waals surface area contributed by atoms with Crippen LogP contribution in [0.5, 0.6) is 0 Å². The van der Waals surface area contributed by atoms with E-state index in [4.69, 9.17) is 0 Å². The van der Waals surface area contributed by atoms with E-state index in [-0.39, 0.29) is 35.5 Å². The molecule has 2 aromatic heterocycles. The number of likely N-dealkylation sites (tertiary alicyclic amines) is 1. The molecule has 0 bridgehead atoms. The second-order valence-electron chi connectivity index (χ2n) is 10.7. The maximum absolute atomic E-state index is 13.3. The van der Waals surface area contributed by atoms with Crippen molar-refractivity contribution in [3.8, 4) is 11.3 Å². The van der Waals surface area contributed by atoms with E-state index in [1.165, 1.54) is 15.4 Å². The third-order valence-electron chi connectivity index (χ3n) is 7.89. The molecule has 1 fully saturated rings. The highest BCUT2D eigenvalue weighted by atomic mass is 16.3. The highest BCUT2D eigenvalue weighted by Gasteiger charge is 2.35. The average Bonchev–Trinajstić information content (AvgIpc) is 3.53. The largest absolute Gasteiger partial charge is 0.388 e. The molecule has 10 nitrogen and oxygen atoms in total. The van der Waals surface area contributed by atoms with E-state index in [0.717, 1.165) is 22.4 Å². The summed E-state index contributed by atoms with van der Waals surface area (Å²) in [5, 5.41) is 18.6. The number of aliphatic hydroxyl groups is 1. The Morgan fingerprint density at radius 1 is 1.13 bits per heavy atom. The minimum atomic E-state index is -1.13. The van der Waals surface area contributed by atoms with Gasteiger partial charge in [-0.2, -0.15) is 5.10 Å². The molecule has 4 heterocycles. The van der Waals surface area contributed by atoms with Gasteiger partial charge in [0, 0.05) is 30.8 Å². The summed E-state index contributed by atoms with van der Waals surface area (Å²) < 4.78 is 2.88. The van der Waals surface area contributed by atoms with Gasteiger partial charge >= 0.3 is 0 Å². The van der Waals surface area contributed by atoms with E-state index in [1.54, 1.807) is 11.1 Å². The fourth-order valence-electron chi connectivity index (χ4n) is 5.52. The molecule has 10 heteroatoms. The molecule has 6 rings (SSSR count). The molecule has 2 amide bonds. The summed E-state index contributed by atoms with van der Waals surface area (Å²) in [4.78, 5) is 44.0. The Bertz CT molecular complexity index is 1620. The van der Waals surface area contributed by atoms with Crippen LogP contribution in [0.3, 0.4) is 0 Å². The Morgan fingerprint density at radius 2 is 1.90 bits per heavy atom. The number of rotatable bonds is 6. The van der Waals surface area contributed by atoms with E-state index in [0.29, 0.717) is 44.5 Å². The van der Waals surface area contributed by atoms with Crippen molar-refractivity contribution < 1.29 is 14.7 Å². The molecule has 1 atom stereocenters. The van der Waals surface area contributed by atoms with Gasteiger partial charge in [-0.25, -0.2) is 9.50 Å². The van der Waals surface area contributed by atoms with Crippen molar-refractivity contribution in [1.82, 2.24) is 24.1 Å². The number of piperidine rings is 1. The van der Waals surface area contributed by atoms with E-state index < -0.39 is 5.60 Å². The Kier molecular flexibility index (Phi) is 6.26. The summed E-state index contributed by atoms with van der Waals surface area (Å²) >= 11 is 0. The molecule has 2 aromatic carbocycles. The number of hydrogen-bond donors (Lipinski definition) is 2. The highest BCUT2D eigenvalue weighted by molar-refractivity contribution is 5.99. The SMILES string of the molecule is C[C@H](CC(=O)N1CCC(O)(Cn2cnn3c(-c4ccc5c(c4)NC(=O)C5)cnc3c2=O)CC1)c1ccccc1. The first kappa shape index (κ1) is 25.0. The zero-order chi connectivity index (χ0) is 27.1. The van der Waals surface area contributed by atoms with Crippen LogP contribution < -0.4 is 10.9 Å². The van der Waals surface area contributed by atoms with E-state index in [2.05, 4.69) is 15.4 Å². The Labute approximate surface area is 224 Å². The van der Waals surface area contributed by atoms with Crippen molar-refractivity contribution in [2.24, 2.45) is 0 Å². The number of carbonyl (C=O) groups excluding carboxylic acids is 2. The van der Waals surface area contributed by atoms with Crippen LogP contribution in [0, 0.1) is 0 Å². The first-order chi connectivity index (χ1) is 18.8. The fraction of sp³-hybridized carbons (Fsp3) is 0.345. The summed E-state index contributed by atoms with van der Waals surface area (Å²) in [6, 6.07) is 15.6. The number of nitrogens with zero attached hydrogens (tertiary/aromatic N) is 5. The molecule has 2 N–H and O–H groups in total. The van der Waals surface area contributed by atoms with Gasteiger partial charge in [0.15, 0.2) is 0 Å². The average molecular weight is 527 g/mol. The Morgan fingerprint density at radius 3 is 2.67 bits per heavy atom. The molecule has 4 aromatic rings. The molecule has 0 aliphatic carbocycles. The summed E-state index contributed by atoms with van der Waals surface area (Å²) in [6.07, 6.45) is 4.52. The number of aromatic nitrogens is 4. The Balaban J connectivity index is 1.13. The van der Waals surface area contributed by atoms with Crippen molar-refractivity contribution in [2.75, 3.05) is 18.4 Å². The predicted octanol–water partition coefficient (Wildman–Crippen LogP) is 2.60. The van der Waals surface area contributed by atoms with Crippen molar-refractivity contribution >= 4 is 23.1 Å². The van der Waals surface area contributed by atoms with Crippen LogP contribution in [0.15, 0.2) is 65.8 Å². The smallest absolute Gasteiger partial charge is 0.296 e. The van der Waals surface area contributed by atoms with Gasteiger partial charge in [0.25, 0.3) is 5.56 Å². The highest BCUT2D eigenvalue weighted by Crippen LogP contribution is 2.30.